The number of nitrogens with zero attached hydrogens (tertiary/aromatic N) is 3. The van der Waals surface area contributed by atoms with Crippen LogP contribution in [0.25, 0.3) is 5.82 Å². The number of nitrogens with one attached hydrogen (secondary N) is 2. The van der Waals surface area contributed by atoms with Gasteiger partial charge in [-0.3, -0.25) is 20.2 Å². The van der Waals surface area contributed by atoms with Crippen molar-refractivity contribution in [3.8, 4) is 17.4 Å². The molecule has 3 aromatic heterocycles. The van der Waals surface area contributed by atoms with Crippen LogP contribution in [0.5, 0.6) is 11.6 Å². The largest absolute Gasteiger partial charge is 0.439 e. The summed E-state index contributed by atoms with van der Waals surface area (Å²) < 4.78 is 45.6. The maximum Gasteiger partial charge on any atom is 0.417 e. The lowest BCUT2D eigenvalue weighted by Crippen LogP contribution is -2.31. The number of hydrogen-bond acceptors (Lipinski definition) is 5. The van der Waals surface area contributed by atoms with Crippen LogP contribution in [0.3, 0.4) is 0 Å². The standard InChI is InChI=1S/C23H17ClF3N5O2/c1-14-4-7-17(8-5-14)34-20-9-6-16(13-28-20)30-31-22(33)19-3-2-10-32(19)21-18(24)11-15(12-29-21)23(25,26)27/h2-13,30H,1H3,(H,31,33). The summed E-state index contributed by atoms with van der Waals surface area (Å²) in [5.41, 5.74) is 5.93. The zero-order valence-corrected chi connectivity index (χ0v) is 18.4. The van der Waals surface area contributed by atoms with Crippen LogP contribution in [0.2, 0.25) is 5.02 Å². The van der Waals surface area contributed by atoms with Crippen molar-refractivity contribution in [2.75, 3.05) is 5.43 Å². The SMILES string of the molecule is Cc1ccc(Oc2ccc(NNC(=O)c3cccn3-c3ncc(C(F)(F)F)cc3Cl)cn2)cc1. The molecule has 0 saturated carbocycles. The highest BCUT2D eigenvalue weighted by Crippen LogP contribution is 2.32. The second-order valence-corrected chi connectivity index (χ2v) is 7.58. The van der Waals surface area contributed by atoms with Gasteiger partial charge in [0.15, 0.2) is 5.82 Å². The smallest absolute Gasteiger partial charge is 0.417 e. The predicted octanol–water partition coefficient (Wildman–Crippen LogP) is 5.80. The topological polar surface area (TPSA) is 81.1 Å². The first-order valence-electron chi connectivity index (χ1n) is 9.88. The molecule has 2 N–H and O–H groups in total. The first-order valence-corrected chi connectivity index (χ1v) is 10.3. The monoisotopic (exact) mass is 487 g/mol. The van der Waals surface area contributed by atoms with Crippen molar-refractivity contribution in [3.63, 3.8) is 0 Å². The van der Waals surface area contributed by atoms with Crippen LogP contribution in [-0.4, -0.2) is 20.4 Å². The molecule has 4 rings (SSSR count). The van der Waals surface area contributed by atoms with Gasteiger partial charge in [-0.05, 0) is 43.3 Å². The van der Waals surface area contributed by atoms with E-state index in [2.05, 4.69) is 20.8 Å². The summed E-state index contributed by atoms with van der Waals surface area (Å²) in [4.78, 5) is 20.6. The fourth-order valence-electron chi connectivity index (χ4n) is 2.95. The van der Waals surface area contributed by atoms with E-state index in [1.54, 1.807) is 18.2 Å². The molecule has 11 heteroatoms. The van der Waals surface area contributed by atoms with Crippen LogP contribution in [-0.2, 0) is 6.18 Å². The van der Waals surface area contributed by atoms with Crippen molar-refractivity contribution < 1.29 is 22.7 Å². The summed E-state index contributed by atoms with van der Waals surface area (Å²) in [6.45, 7) is 1.97. The number of aromatic nitrogens is 3. The molecule has 3 heterocycles. The number of rotatable bonds is 6. The Morgan fingerprint density at radius 2 is 1.82 bits per heavy atom. The number of benzene rings is 1. The number of pyridine rings is 2. The van der Waals surface area contributed by atoms with Crippen molar-refractivity contribution >= 4 is 23.2 Å². The molecule has 0 spiro atoms. The Morgan fingerprint density at radius 1 is 1.06 bits per heavy atom. The number of ether oxygens (including phenoxy) is 1. The number of hydrazine groups is 1. The van der Waals surface area contributed by atoms with E-state index in [1.165, 1.54) is 23.0 Å². The molecule has 0 aliphatic heterocycles. The minimum absolute atomic E-state index is 0.0101. The normalized spacial score (nSPS) is 11.2. The third-order valence-electron chi connectivity index (χ3n) is 4.66. The number of amides is 1. The average molecular weight is 488 g/mol. The van der Waals surface area contributed by atoms with Crippen molar-refractivity contribution in [3.05, 3.63) is 95.0 Å². The molecular formula is C23H17ClF3N5O2. The highest BCUT2D eigenvalue weighted by Gasteiger charge is 2.32. The molecule has 0 fully saturated rings. The molecule has 0 saturated heterocycles. The number of halogens is 4. The average Bonchev–Trinajstić information content (AvgIpc) is 3.29. The van der Waals surface area contributed by atoms with E-state index < -0.39 is 17.6 Å². The molecular weight excluding hydrogens is 471 g/mol. The number of carbonyl (C=O) groups excluding carboxylic acids is 1. The van der Waals surface area contributed by atoms with Crippen LogP contribution in [0.4, 0.5) is 18.9 Å². The third kappa shape index (κ3) is 5.29. The summed E-state index contributed by atoms with van der Waals surface area (Å²) in [6.07, 6.45) is -0.982. The summed E-state index contributed by atoms with van der Waals surface area (Å²) in [6, 6.07) is 14.6. The summed E-state index contributed by atoms with van der Waals surface area (Å²) in [5.74, 6) is 0.438. The zero-order chi connectivity index (χ0) is 24.3. The summed E-state index contributed by atoms with van der Waals surface area (Å²) >= 11 is 6.01. The van der Waals surface area contributed by atoms with E-state index in [9.17, 15) is 18.0 Å². The van der Waals surface area contributed by atoms with Crippen molar-refractivity contribution in [2.45, 2.75) is 13.1 Å². The maximum atomic E-state index is 12.9. The van der Waals surface area contributed by atoms with Gasteiger partial charge in [-0.2, -0.15) is 13.2 Å². The molecule has 0 aliphatic carbocycles. The minimum atomic E-state index is -4.58. The van der Waals surface area contributed by atoms with Crippen LogP contribution in [0, 0.1) is 6.92 Å². The van der Waals surface area contributed by atoms with Gasteiger partial charge in [0.05, 0.1) is 22.5 Å². The van der Waals surface area contributed by atoms with Crippen LogP contribution < -0.4 is 15.6 Å². The van der Waals surface area contributed by atoms with Gasteiger partial charge >= 0.3 is 6.18 Å². The van der Waals surface area contributed by atoms with Crippen LogP contribution in [0.15, 0.2) is 73.2 Å². The fraction of sp³-hybridized carbons (Fsp3) is 0.0870. The van der Waals surface area contributed by atoms with Gasteiger partial charge < -0.3 is 4.74 Å². The molecule has 0 bridgehead atoms. The molecule has 0 aliphatic rings. The zero-order valence-electron chi connectivity index (χ0n) is 17.6. The predicted molar refractivity (Wildman–Crippen MR) is 120 cm³/mol. The lowest BCUT2D eigenvalue weighted by Gasteiger charge is -2.13. The van der Waals surface area contributed by atoms with E-state index in [0.717, 1.165) is 11.6 Å². The van der Waals surface area contributed by atoms with Gasteiger partial charge in [0.1, 0.15) is 11.4 Å². The van der Waals surface area contributed by atoms with Crippen LogP contribution >= 0.6 is 11.6 Å². The van der Waals surface area contributed by atoms with Gasteiger partial charge in [-0.15, -0.1) is 0 Å². The highest BCUT2D eigenvalue weighted by atomic mass is 35.5. The molecule has 34 heavy (non-hydrogen) atoms. The van der Waals surface area contributed by atoms with Gasteiger partial charge in [0.2, 0.25) is 5.88 Å². The van der Waals surface area contributed by atoms with Gasteiger partial charge in [-0.1, -0.05) is 29.3 Å². The summed E-state index contributed by atoms with van der Waals surface area (Å²) in [5, 5.41) is -0.249. The quantitative estimate of drug-likeness (QED) is 0.336. The first-order chi connectivity index (χ1) is 16.2. The van der Waals surface area contributed by atoms with E-state index >= 15 is 0 Å². The molecule has 0 radical (unpaired) electrons. The minimum Gasteiger partial charge on any atom is -0.439 e. The van der Waals surface area contributed by atoms with E-state index in [0.29, 0.717) is 23.5 Å². The molecule has 4 aromatic rings. The lowest BCUT2D eigenvalue weighted by atomic mass is 10.2. The molecule has 174 valence electrons. The van der Waals surface area contributed by atoms with Gasteiger partial charge in [-0.25, -0.2) is 9.97 Å². The number of aryl methyl sites for hydroxylation is 1. The second kappa shape index (κ2) is 9.44. The summed E-state index contributed by atoms with van der Waals surface area (Å²) in [7, 11) is 0. The Morgan fingerprint density at radius 3 is 2.47 bits per heavy atom. The van der Waals surface area contributed by atoms with E-state index in [4.69, 9.17) is 16.3 Å². The Balaban J connectivity index is 1.42. The van der Waals surface area contributed by atoms with Gasteiger partial charge in [0, 0.05) is 18.5 Å². The number of alkyl halides is 3. The molecule has 7 nitrogen and oxygen atoms in total. The van der Waals surface area contributed by atoms with E-state index in [1.807, 2.05) is 31.2 Å². The number of carbonyl (C=O) groups is 1. The van der Waals surface area contributed by atoms with Crippen molar-refractivity contribution in [2.24, 2.45) is 0 Å². The highest BCUT2D eigenvalue weighted by molar-refractivity contribution is 6.32. The Bertz CT molecular complexity index is 1310. The first kappa shape index (κ1) is 23.1. The van der Waals surface area contributed by atoms with Crippen molar-refractivity contribution in [1.82, 2.24) is 20.0 Å². The van der Waals surface area contributed by atoms with Gasteiger partial charge in [0.25, 0.3) is 5.91 Å². The van der Waals surface area contributed by atoms with Crippen LogP contribution in [0.1, 0.15) is 21.6 Å². The third-order valence-corrected chi connectivity index (χ3v) is 4.94. The molecule has 0 atom stereocenters. The Hall–Kier alpha value is -4.05. The fourth-order valence-corrected chi connectivity index (χ4v) is 3.21. The number of hydrogen-bond donors (Lipinski definition) is 2. The Kier molecular flexibility index (Phi) is 6.42. The molecule has 1 aromatic carbocycles. The maximum absolute atomic E-state index is 12.9. The number of anilines is 1. The second-order valence-electron chi connectivity index (χ2n) is 7.17. The molecule has 0 unspecified atom stereocenters. The lowest BCUT2D eigenvalue weighted by molar-refractivity contribution is -0.137. The van der Waals surface area contributed by atoms with E-state index in [-0.39, 0.29) is 16.5 Å². The van der Waals surface area contributed by atoms with Crippen molar-refractivity contribution in [1.29, 1.82) is 0 Å². The Labute approximate surface area is 197 Å². The molecule has 1 amide bonds.